The van der Waals surface area contributed by atoms with Crippen molar-refractivity contribution in [3.63, 3.8) is 0 Å². The molecular formula is C18H30N2O. The number of hydrogen-bond acceptors (Lipinski definition) is 2. The average Bonchev–Trinajstić information content (AvgIpc) is 2.47. The van der Waals surface area contributed by atoms with E-state index in [0.29, 0.717) is 5.92 Å². The Morgan fingerprint density at radius 3 is 2.38 bits per heavy atom. The first-order valence-electron chi connectivity index (χ1n) is 8.09. The molecule has 0 aromatic heterocycles. The maximum absolute atomic E-state index is 12.0. The topological polar surface area (TPSA) is 55.1 Å². The standard InChI is InChI=1S/C18H30N2O/c1-14(17-10-5-4-6-11-17)12-13-20-18(21)15(2)8-7-9-16(3)19/h4-6,10-11,14-16H,7-9,12-13,19H2,1-3H3,(H,20,21). The summed E-state index contributed by atoms with van der Waals surface area (Å²) >= 11 is 0. The largest absolute Gasteiger partial charge is 0.356 e. The van der Waals surface area contributed by atoms with Gasteiger partial charge in [0.15, 0.2) is 0 Å². The monoisotopic (exact) mass is 290 g/mol. The van der Waals surface area contributed by atoms with Crippen LogP contribution in [-0.4, -0.2) is 18.5 Å². The van der Waals surface area contributed by atoms with Crippen molar-refractivity contribution in [1.29, 1.82) is 0 Å². The minimum absolute atomic E-state index is 0.0794. The summed E-state index contributed by atoms with van der Waals surface area (Å²) in [5, 5.41) is 3.05. The van der Waals surface area contributed by atoms with Gasteiger partial charge in [-0.3, -0.25) is 4.79 Å². The van der Waals surface area contributed by atoms with E-state index >= 15 is 0 Å². The van der Waals surface area contributed by atoms with Gasteiger partial charge in [-0.15, -0.1) is 0 Å². The second-order valence-corrected chi connectivity index (χ2v) is 6.20. The fourth-order valence-electron chi connectivity index (χ4n) is 2.41. The van der Waals surface area contributed by atoms with Gasteiger partial charge >= 0.3 is 0 Å². The van der Waals surface area contributed by atoms with Crippen molar-refractivity contribution in [2.75, 3.05) is 6.54 Å². The number of amides is 1. The van der Waals surface area contributed by atoms with Crippen LogP contribution in [0.2, 0.25) is 0 Å². The molecule has 0 saturated heterocycles. The number of carbonyl (C=O) groups is 1. The highest BCUT2D eigenvalue weighted by Gasteiger charge is 2.13. The molecule has 1 aromatic rings. The molecule has 21 heavy (non-hydrogen) atoms. The molecule has 3 atom stereocenters. The van der Waals surface area contributed by atoms with Crippen molar-refractivity contribution in [2.45, 2.75) is 58.4 Å². The first-order valence-corrected chi connectivity index (χ1v) is 8.09. The number of carbonyl (C=O) groups excluding carboxylic acids is 1. The molecule has 1 aromatic carbocycles. The van der Waals surface area contributed by atoms with Crippen molar-refractivity contribution in [2.24, 2.45) is 11.7 Å². The average molecular weight is 290 g/mol. The molecular weight excluding hydrogens is 260 g/mol. The SMILES string of the molecule is CC(N)CCCC(C)C(=O)NCCC(C)c1ccccc1. The molecule has 3 unspecified atom stereocenters. The van der Waals surface area contributed by atoms with Crippen LogP contribution in [0.3, 0.4) is 0 Å². The molecule has 1 rings (SSSR count). The van der Waals surface area contributed by atoms with Gasteiger partial charge in [0.1, 0.15) is 0 Å². The summed E-state index contributed by atoms with van der Waals surface area (Å²) in [4.78, 5) is 12.0. The highest BCUT2D eigenvalue weighted by atomic mass is 16.1. The zero-order valence-electron chi connectivity index (χ0n) is 13.6. The highest BCUT2D eigenvalue weighted by Crippen LogP contribution is 2.17. The Kier molecular flexibility index (Phi) is 8.06. The van der Waals surface area contributed by atoms with Gasteiger partial charge in [-0.25, -0.2) is 0 Å². The van der Waals surface area contributed by atoms with E-state index in [0.717, 1.165) is 32.2 Å². The number of rotatable bonds is 9. The predicted octanol–water partition coefficient (Wildman–Crippen LogP) is 3.45. The van der Waals surface area contributed by atoms with Crippen molar-refractivity contribution < 1.29 is 4.79 Å². The van der Waals surface area contributed by atoms with Crippen molar-refractivity contribution >= 4 is 5.91 Å². The summed E-state index contributed by atoms with van der Waals surface area (Å²) in [6.45, 7) is 6.95. The molecule has 3 N–H and O–H groups in total. The Morgan fingerprint density at radius 1 is 1.10 bits per heavy atom. The van der Waals surface area contributed by atoms with E-state index in [2.05, 4.69) is 36.5 Å². The second-order valence-electron chi connectivity index (χ2n) is 6.20. The lowest BCUT2D eigenvalue weighted by molar-refractivity contribution is -0.124. The number of hydrogen-bond donors (Lipinski definition) is 2. The van der Waals surface area contributed by atoms with E-state index in [1.165, 1.54) is 5.56 Å². The fourth-order valence-corrected chi connectivity index (χ4v) is 2.41. The van der Waals surface area contributed by atoms with E-state index in [1.54, 1.807) is 0 Å². The summed E-state index contributed by atoms with van der Waals surface area (Å²) in [5.74, 6) is 0.718. The molecule has 3 nitrogen and oxygen atoms in total. The Balaban J connectivity index is 2.20. The van der Waals surface area contributed by atoms with E-state index in [-0.39, 0.29) is 17.9 Å². The Morgan fingerprint density at radius 2 is 1.76 bits per heavy atom. The van der Waals surface area contributed by atoms with Gasteiger partial charge < -0.3 is 11.1 Å². The van der Waals surface area contributed by atoms with Crippen molar-refractivity contribution in [1.82, 2.24) is 5.32 Å². The van der Waals surface area contributed by atoms with Gasteiger partial charge in [0.25, 0.3) is 0 Å². The molecule has 3 heteroatoms. The Hall–Kier alpha value is -1.35. The molecule has 0 aliphatic carbocycles. The fraction of sp³-hybridized carbons (Fsp3) is 0.611. The van der Waals surface area contributed by atoms with E-state index < -0.39 is 0 Å². The summed E-state index contributed by atoms with van der Waals surface area (Å²) < 4.78 is 0. The zero-order chi connectivity index (χ0) is 15.7. The molecule has 0 aliphatic heterocycles. The molecule has 0 aliphatic rings. The van der Waals surface area contributed by atoms with E-state index in [1.807, 2.05) is 19.9 Å². The van der Waals surface area contributed by atoms with Crippen molar-refractivity contribution in [3.05, 3.63) is 35.9 Å². The molecule has 0 fully saturated rings. The first kappa shape index (κ1) is 17.7. The minimum Gasteiger partial charge on any atom is -0.356 e. The van der Waals surface area contributed by atoms with Crippen LogP contribution >= 0.6 is 0 Å². The number of benzene rings is 1. The maximum atomic E-state index is 12.0. The maximum Gasteiger partial charge on any atom is 0.222 e. The van der Waals surface area contributed by atoms with Crippen LogP contribution < -0.4 is 11.1 Å². The van der Waals surface area contributed by atoms with E-state index in [9.17, 15) is 4.79 Å². The van der Waals surface area contributed by atoms with Gasteiger partial charge in [-0.1, -0.05) is 50.6 Å². The highest BCUT2D eigenvalue weighted by molar-refractivity contribution is 5.78. The lowest BCUT2D eigenvalue weighted by Crippen LogP contribution is -2.30. The van der Waals surface area contributed by atoms with Gasteiger partial charge in [0, 0.05) is 18.5 Å². The third-order valence-electron chi connectivity index (χ3n) is 3.99. The van der Waals surface area contributed by atoms with Crippen LogP contribution in [0.5, 0.6) is 0 Å². The number of nitrogens with one attached hydrogen (secondary N) is 1. The number of nitrogens with two attached hydrogens (primary N) is 1. The second kappa shape index (κ2) is 9.56. The van der Waals surface area contributed by atoms with Crippen LogP contribution in [0, 0.1) is 5.92 Å². The Labute approximate surface area is 129 Å². The van der Waals surface area contributed by atoms with Gasteiger partial charge in [0.05, 0.1) is 0 Å². The molecule has 0 heterocycles. The molecule has 118 valence electrons. The summed E-state index contributed by atoms with van der Waals surface area (Å²) in [6, 6.07) is 10.7. The molecule has 0 radical (unpaired) electrons. The minimum atomic E-state index is 0.0794. The molecule has 0 spiro atoms. The van der Waals surface area contributed by atoms with Crippen molar-refractivity contribution in [3.8, 4) is 0 Å². The quantitative estimate of drug-likeness (QED) is 0.732. The van der Waals surface area contributed by atoms with Crippen LogP contribution in [-0.2, 0) is 4.79 Å². The molecule has 0 saturated carbocycles. The lowest BCUT2D eigenvalue weighted by Gasteiger charge is -2.15. The lowest BCUT2D eigenvalue weighted by atomic mass is 9.97. The van der Waals surface area contributed by atoms with Crippen LogP contribution in [0.4, 0.5) is 0 Å². The third-order valence-corrected chi connectivity index (χ3v) is 3.99. The van der Waals surface area contributed by atoms with Crippen LogP contribution in [0.1, 0.15) is 57.9 Å². The van der Waals surface area contributed by atoms with Gasteiger partial charge in [-0.2, -0.15) is 0 Å². The summed E-state index contributed by atoms with van der Waals surface area (Å²) in [5.41, 5.74) is 7.05. The Bertz CT molecular complexity index is 403. The van der Waals surface area contributed by atoms with E-state index in [4.69, 9.17) is 5.73 Å². The van der Waals surface area contributed by atoms with Crippen LogP contribution in [0.15, 0.2) is 30.3 Å². The van der Waals surface area contributed by atoms with Crippen LogP contribution in [0.25, 0.3) is 0 Å². The molecule has 0 bridgehead atoms. The van der Waals surface area contributed by atoms with Gasteiger partial charge in [-0.05, 0) is 37.7 Å². The third kappa shape index (κ3) is 7.28. The molecule has 1 amide bonds. The normalized spacial score (nSPS) is 15.2. The summed E-state index contributed by atoms with van der Waals surface area (Å²) in [6.07, 6.45) is 3.90. The predicted molar refractivity (Wildman–Crippen MR) is 89.1 cm³/mol. The first-order chi connectivity index (χ1) is 10.0. The summed E-state index contributed by atoms with van der Waals surface area (Å²) in [7, 11) is 0. The van der Waals surface area contributed by atoms with Gasteiger partial charge in [0.2, 0.25) is 5.91 Å². The zero-order valence-corrected chi connectivity index (χ0v) is 13.6. The smallest absolute Gasteiger partial charge is 0.222 e.